The summed E-state index contributed by atoms with van der Waals surface area (Å²) in [5.41, 5.74) is 2.63. The molecule has 1 fully saturated rings. The Morgan fingerprint density at radius 2 is 1.62 bits per heavy atom. The highest BCUT2D eigenvalue weighted by Gasteiger charge is 2.22. The fourth-order valence-corrected chi connectivity index (χ4v) is 3.94. The van der Waals surface area contributed by atoms with Gasteiger partial charge in [-0.25, -0.2) is 8.78 Å². The Kier molecular flexibility index (Phi) is 5.65. The summed E-state index contributed by atoms with van der Waals surface area (Å²) in [6.07, 6.45) is 9.22. The lowest BCUT2D eigenvalue weighted by Gasteiger charge is -2.29. The van der Waals surface area contributed by atoms with Crippen molar-refractivity contribution >= 4 is 0 Å². The van der Waals surface area contributed by atoms with Crippen molar-refractivity contribution in [1.82, 2.24) is 0 Å². The Balaban J connectivity index is 1.65. The van der Waals surface area contributed by atoms with E-state index in [0.717, 1.165) is 17.5 Å². The van der Waals surface area contributed by atoms with Crippen molar-refractivity contribution in [3.63, 3.8) is 0 Å². The van der Waals surface area contributed by atoms with E-state index < -0.39 is 11.6 Å². The van der Waals surface area contributed by atoms with E-state index in [-0.39, 0.29) is 0 Å². The van der Waals surface area contributed by atoms with E-state index in [1.807, 2.05) is 12.1 Å². The summed E-state index contributed by atoms with van der Waals surface area (Å²) < 4.78 is 26.9. The molecule has 0 nitrogen and oxygen atoms in total. The molecule has 0 N–H and O–H groups in total. The van der Waals surface area contributed by atoms with Crippen LogP contribution in [0.2, 0.25) is 0 Å². The van der Waals surface area contributed by atoms with Gasteiger partial charge in [-0.3, -0.25) is 0 Å². The van der Waals surface area contributed by atoms with Gasteiger partial charge in [0.2, 0.25) is 0 Å². The average molecular weight is 328 g/mol. The summed E-state index contributed by atoms with van der Waals surface area (Å²) in [5, 5.41) is 0. The van der Waals surface area contributed by atoms with Gasteiger partial charge in [0.15, 0.2) is 0 Å². The zero-order valence-electron chi connectivity index (χ0n) is 14.4. The zero-order valence-corrected chi connectivity index (χ0v) is 14.4. The monoisotopic (exact) mass is 328 g/mol. The number of halogens is 2. The first-order valence-electron chi connectivity index (χ1n) is 9.22. The maximum absolute atomic E-state index is 13.9. The number of hydrogen-bond donors (Lipinski definition) is 0. The third-order valence-electron chi connectivity index (χ3n) is 5.44. The molecular weight excluding hydrogens is 302 g/mol. The van der Waals surface area contributed by atoms with Crippen molar-refractivity contribution in [2.24, 2.45) is 5.92 Å². The minimum Gasteiger partial charge on any atom is -0.207 e. The van der Waals surface area contributed by atoms with E-state index in [9.17, 15) is 8.78 Å². The molecule has 0 saturated heterocycles. The Bertz CT molecular complexity index is 652. The summed E-state index contributed by atoms with van der Waals surface area (Å²) >= 11 is 0. The Hall–Kier alpha value is -1.70. The van der Waals surface area contributed by atoms with Crippen molar-refractivity contribution in [3.8, 4) is 11.1 Å². The molecule has 1 aliphatic rings. The molecule has 128 valence electrons. The molecule has 0 atom stereocenters. The number of hydrogen-bond acceptors (Lipinski definition) is 0. The van der Waals surface area contributed by atoms with Crippen LogP contribution in [0, 0.1) is 17.6 Å². The largest absolute Gasteiger partial charge is 0.207 e. The van der Waals surface area contributed by atoms with Crippen molar-refractivity contribution in [2.75, 3.05) is 0 Å². The maximum Gasteiger partial charge on any atom is 0.133 e. The van der Waals surface area contributed by atoms with Crippen LogP contribution in [0.5, 0.6) is 0 Å². The van der Waals surface area contributed by atoms with Gasteiger partial charge in [0, 0.05) is 11.6 Å². The summed E-state index contributed by atoms with van der Waals surface area (Å²) in [7, 11) is 0. The normalized spacial score (nSPS) is 21.0. The van der Waals surface area contributed by atoms with Gasteiger partial charge in [-0.1, -0.05) is 50.5 Å². The van der Waals surface area contributed by atoms with Gasteiger partial charge in [0.05, 0.1) is 0 Å². The standard InChI is InChI=1S/C22H26F2/c1-2-3-4-16-5-7-17(8-6-16)18-9-11-19(12-10-18)21-14-13-20(23)15-22(21)24/h9-17H,2-8H2,1H3/t16-,17-. The van der Waals surface area contributed by atoms with Gasteiger partial charge in [-0.05, 0) is 60.8 Å². The second-order valence-electron chi connectivity index (χ2n) is 7.11. The fraction of sp³-hybridized carbons (Fsp3) is 0.455. The first-order valence-corrected chi connectivity index (χ1v) is 9.22. The first-order chi connectivity index (χ1) is 11.7. The lowest BCUT2D eigenvalue weighted by molar-refractivity contribution is 0.304. The molecular formula is C22H26F2. The van der Waals surface area contributed by atoms with Crippen LogP contribution in [0.15, 0.2) is 42.5 Å². The second kappa shape index (κ2) is 7.92. The van der Waals surface area contributed by atoms with Crippen LogP contribution in [0.4, 0.5) is 8.78 Å². The van der Waals surface area contributed by atoms with Crippen LogP contribution in [0.1, 0.15) is 63.4 Å². The molecule has 0 aliphatic heterocycles. The van der Waals surface area contributed by atoms with E-state index in [2.05, 4.69) is 19.1 Å². The average Bonchev–Trinajstić information content (AvgIpc) is 2.61. The van der Waals surface area contributed by atoms with Crippen LogP contribution in [-0.4, -0.2) is 0 Å². The molecule has 0 spiro atoms. The lowest BCUT2D eigenvalue weighted by Crippen LogP contribution is -2.13. The van der Waals surface area contributed by atoms with Crippen LogP contribution in [-0.2, 0) is 0 Å². The zero-order chi connectivity index (χ0) is 16.9. The highest BCUT2D eigenvalue weighted by Crippen LogP contribution is 2.38. The fourth-order valence-electron chi connectivity index (χ4n) is 3.94. The molecule has 2 aromatic carbocycles. The van der Waals surface area contributed by atoms with E-state index in [1.165, 1.54) is 62.6 Å². The molecule has 0 unspecified atom stereocenters. The van der Waals surface area contributed by atoms with E-state index in [4.69, 9.17) is 0 Å². The van der Waals surface area contributed by atoms with E-state index >= 15 is 0 Å². The van der Waals surface area contributed by atoms with Gasteiger partial charge < -0.3 is 0 Å². The molecule has 2 heteroatoms. The quantitative estimate of drug-likeness (QED) is 0.549. The van der Waals surface area contributed by atoms with Crippen LogP contribution in [0.3, 0.4) is 0 Å². The first kappa shape index (κ1) is 17.1. The highest BCUT2D eigenvalue weighted by atomic mass is 19.1. The molecule has 24 heavy (non-hydrogen) atoms. The predicted molar refractivity (Wildman–Crippen MR) is 96.0 cm³/mol. The number of benzene rings is 2. The van der Waals surface area contributed by atoms with Crippen molar-refractivity contribution in [1.29, 1.82) is 0 Å². The molecule has 0 bridgehead atoms. The Morgan fingerprint density at radius 3 is 2.25 bits per heavy atom. The van der Waals surface area contributed by atoms with E-state index in [1.54, 1.807) is 0 Å². The molecule has 0 radical (unpaired) electrons. The Morgan fingerprint density at radius 1 is 0.917 bits per heavy atom. The predicted octanol–water partition coefficient (Wildman–Crippen LogP) is 7.10. The molecule has 0 heterocycles. The summed E-state index contributed by atoms with van der Waals surface area (Å²) in [5.74, 6) is 0.510. The number of unbranched alkanes of at least 4 members (excludes halogenated alkanes) is 1. The van der Waals surface area contributed by atoms with Gasteiger partial charge in [0.1, 0.15) is 11.6 Å². The molecule has 1 aliphatic carbocycles. The molecule has 1 saturated carbocycles. The van der Waals surface area contributed by atoms with Crippen LogP contribution in [0.25, 0.3) is 11.1 Å². The second-order valence-corrected chi connectivity index (χ2v) is 7.11. The summed E-state index contributed by atoms with van der Waals surface area (Å²) in [6.45, 7) is 2.26. The topological polar surface area (TPSA) is 0 Å². The minimum atomic E-state index is -0.535. The van der Waals surface area contributed by atoms with E-state index in [0.29, 0.717) is 11.5 Å². The minimum absolute atomic E-state index is 0.464. The molecule has 2 aromatic rings. The molecule has 3 rings (SSSR count). The van der Waals surface area contributed by atoms with Gasteiger partial charge in [-0.2, -0.15) is 0 Å². The summed E-state index contributed by atoms with van der Waals surface area (Å²) in [4.78, 5) is 0. The third-order valence-corrected chi connectivity index (χ3v) is 5.44. The van der Waals surface area contributed by atoms with Gasteiger partial charge >= 0.3 is 0 Å². The van der Waals surface area contributed by atoms with Crippen molar-refractivity contribution in [3.05, 3.63) is 59.7 Å². The van der Waals surface area contributed by atoms with Gasteiger partial charge in [-0.15, -0.1) is 0 Å². The SMILES string of the molecule is CCCC[C@H]1CC[C@H](c2ccc(-c3ccc(F)cc3F)cc2)CC1. The number of rotatable bonds is 5. The maximum atomic E-state index is 13.9. The van der Waals surface area contributed by atoms with Crippen LogP contribution >= 0.6 is 0 Å². The van der Waals surface area contributed by atoms with Crippen molar-refractivity contribution < 1.29 is 8.78 Å². The lowest BCUT2D eigenvalue weighted by atomic mass is 9.77. The highest BCUT2D eigenvalue weighted by molar-refractivity contribution is 5.64. The smallest absolute Gasteiger partial charge is 0.133 e. The Labute approximate surface area is 143 Å². The molecule has 0 aromatic heterocycles. The summed E-state index contributed by atoms with van der Waals surface area (Å²) in [6, 6.07) is 11.9. The van der Waals surface area contributed by atoms with Crippen LogP contribution < -0.4 is 0 Å². The van der Waals surface area contributed by atoms with Gasteiger partial charge in [0.25, 0.3) is 0 Å². The van der Waals surface area contributed by atoms with Crippen molar-refractivity contribution in [2.45, 2.75) is 57.8 Å². The molecule has 0 amide bonds. The third kappa shape index (κ3) is 4.03.